The summed E-state index contributed by atoms with van der Waals surface area (Å²) in [6, 6.07) is 0. The first-order valence-corrected chi connectivity index (χ1v) is 7.03. The van der Waals surface area contributed by atoms with Gasteiger partial charge in [-0.25, -0.2) is 0 Å². The molecule has 0 bridgehead atoms. The Morgan fingerprint density at radius 1 is 1.40 bits per heavy atom. The van der Waals surface area contributed by atoms with Crippen LogP contribution in [-0.4, -0.2) is 36.2 Å². The third-order valence-electron chi connectivity index (χ3n) is 3.14. The van der Waals surface area contributed by atoms with Crippen molar-refractivity contribution >= 4 is 17.7 Å². The van der Waals surface area contributed by atoms with E-state index in [-0.39, 0.29) is 12.5 Å². The van der Waals surface area contributed by atoms with Gasteiger partial charge in [0.2, 0.25) is 5.91 Å². The predicted molar refractivity (Wildman–Crippen MR) is 63.9 cm³/mol. The fourth-order valence-electron chi connectivity index (χ4n) is 2.22. The highest BCUT2D eigenvalue weighted by molar-refractivity contribution is 7.99. The van der Waals surface area contributed by atoms with Crippen LogP contribution in [0.4, 0.5) is 0 Å². The molecule has 0 aliphatic heterocycles. The predicted octanol–water partition coefficient (Wildman–Crippen LogP) is 1.26. The third kappa shape index (κ3) is 4.43. The van der Waals surface area contributed by atoms with Crippen molar-refractivity contribution in [1.82, 2.24) is 5.32 Å². The molecule has 3 nitrogen and oxygen atoms in total. The van der Waals surface area contributed by atoms with E-state index in [1.807, 2.05) is 6.26 Å². The number of hydrogen-bond donors (Lipinski definition) is 2. The van der Waals surface area contributed by atoms with Crippen LogP contribution in [0.3, 0.4) is 0 Å². The SMILES string of the molecule is CSCC(=O)NCC1CCCCC1CO. The lowest BCUT2D eigenvalue weighted by Crippen LogP contribution is -2.36. The molecule has 0 spiro atoms. The Balaban J connectivity index is 2.26. The quantitative estimate of drug-likeness (QED) is 0.749. The molecule has 2 atom stereocenters. The molecule has 0 saturated heterocycles. The van der Waals surface area contributed by atoms with Crippen molar-refractivity contribution in [3.8, 4) is 0 Å². The van der Waals surface area contributed by atoms with Crippen molar-refractivity contribution < 1.29 is 9.90 Å². The number of nitrogens with one attached hydrogen (secondary N) is 1. The zero-order valence-corrected chi connectivity index (χ0v) is 10.2. The number of amides is 1. The monoisotopic (exact) mass is 231 g/mol. The maximum Gasteiger partial charge on any atom is 0.229 e. The summed E-state index contributed by atoms with van der Waals surface area (Å²) in [5, 5.41) is 12.2. The van der Waals surface area contributed by atoms with Gasteiger partial charge in [-0.1, -0.05) is 12.8 Å². The van der Waals surface area contributed by atoms with E-state index in [0.29, 0.717) is 17.6 Å². The Labute approximate surface area is 96.0 Å². The van der Waals surface area contributed by atoms with Crippen LogP contribution >= 0.6 is 11.8 Å². The molecule has 0 radical (unpaired) electrons. The van der Waals surface area contributed by atoms with E-state index in [2.05, 4.69) is 5.32 Å². The standard InChI is InChI=1S/C11H21NO2S/c1-15-8-11(14)12-6-9-4-2-3-5-10(9)7-13/h9-10,13H,2-8H2,1H3,(H,12,14). The lowest BCUT2D eigenvalue weighted by atomic mass is 9.79. The van der Waals surface area contributed by atoms with Gasteiger partial charge in [0.05, 0.1) is 5.75 Å². The highest BCUT2D eigenvalue weighted by Gasteiger charge is 2.24. The molecule has 2 N–H and O–H groups in total. The fraction of sp³-hybridized carbons (Fsp3) is 0.909. The second-order valence-electron chi connectivity index (χ2n) is 4.22. The van der Waals surface area contributed by atoms with Gasteiger partial charge in [0.25, 0.3) is 0 Å². The first-order valence-electron chi connectivity index (χ1n) is 5.64. The summed E-state index contributed by atoms with van der Waals surface area (Å²) >= 11 is 1.54. The van der Waals surface area contributed by atoms with Crippen LogP contribution in [0.2, 0.25) is 0 Å². The first-order chi connectivity index (χ1) is 7.27. The zero-order valence-electron chi connectivity index (χ0n) is 9.37. The number of aliphatic hydroxyl groups excluding tert-OH is 1. The van der Waals surface area contributed by atoms with Crippen molar-refractivity contribution in [2.45, 2.75) is 25.7 Å². The summed E-state index contributed by atoms with van der Waals surface area (Å²) in [6.45, 7) is 1.01. The summed E-state index contributed by atoms with van der Waals surface area (Å²) < 4.78 is 0. The molecule has 4 heteroatoms. The third-order valence-corrected chi connectivity index (χ3v) is 3.69. The number of carbonyl (C=O) groups is 1. The molecule has 15 heavy (non-hydrogen) atoms. The summed E-state index contributed by atoms with van der Waals surface area (Å²) in [4.78, 5) is 11.3. The number of hydrogen-bond acceptors (Lipinski definition) is 3. The first kappa shape index (κ1) is 12.8. The van der Waals surface area contributed by atoms with Crippen molar-refractivity contribution in [3.05, 3.63) is 0 Å². The number of rotatable bonds is 5. The molecule has 0 aromatic rings. The minimum absolute atomic E-state index is 0.116. The molecule has 0 aromatic heterocycles. The molecule has 1 rings (SSSR count). The molecule has 1 fully saturated rings. The van der Waals surface area contributed by atoms with Crippen molar-refractivity contribution in [3.63, 3.8) is 0 Å². The van der Waals surface area contributed by atoms with E-state index in [1.54, 1.807) is 11.8 Å². The van der Waals surface area contributed by atoms with E-state index in [9.17, 15) is 9.90 Å². The van der Waals surface area contributed by atoms with Gasteiger partial charge in [0.1, 0.15) is 0 Å². The van der Waals surface area contributed by atoms with Crippen LogP contribution in [0.1, 0.15) is 25.7 Å². The minimum atomic E-state index is 0.116. The van der Waals surface area contributed by atoms with Gasteiger partial charge in [0, 0.05) is 13.2 Å². The van der Waals surface area contributed by atoms with Crippen molar-refractivity contribution in [2.24, 2.45) is 11.8 Å². The maximum atomic E-state index is 11.3. The summed E-state index contributed by atoms with van der Waals surface area (Å²) in [5.74, 6) is 1.53. The van der Waals surface area contributed by atoms with Crippen LogP contribution < -0.4 is 5.32 Å². The molecule has 2 unspecified atom stereocenters. The Bertz CT molecular complexity index is 199. The molecule has 1 aliphatic carbocycles. The van der Waals surface area contributed by atoms with Gasteiger partial charge in [-0.15, -0.1) is 0 Å². The smallest absolute Gasteiger partial charge is 0.229 e. The topological polar surface area (TPSA) is 49.3 Å². The van der Waals surface area contributed by atoms with E-state index < -0.39 is 0 Å². The van der Waals surface area contributed by atoms with Crippen LogP contribution in [0.25, 0.3) is 0 Å². The van der Waals surface area contributed by atoms with Gasteiger partial charge >= 0.3 is 0 Å². The number of thioether (sulfide) groups is 1. The lowest BCUT2D eigenvalue weighted by molar-refractivity contribution is -0.118. The number of carbonyl (C=O) groups excluding carboxylic acids is 1. The molecule has 0 heterocycles. The molecule has 88 valence electrons. The van der Waals surface area contributed by atoms with Crippen LogP contribution in [0.5, 0.6) is 0 Å². The summed E-state index contributed by atoms with van der Waals surface area (Å²) in [7, 11) is 0. The van der Waals surface area contributed by atoms with Gasteiger partial charge in [-0.3, -0.25) is 4.79 Å². The van der Waals surface area contributed by atoms with Crippen LogP contribution in [0.15, 0.2) is 0 Å². The lowest BCUT2D eigenvalue weighted by Gasteiger charge is -2.30. The van der Waals surface area contributed by atoms with E-state index in [1.165, 1.54) is 12.8 Å². The minimum Gasteiger partial charge on any atom is -0.396 e. The number of aliphatic hydroxyl groups is 1. The molecule has 1 aliphatic rings. The average molecular weight is 231 g/mol. The van der Waals surface area contributed by atoms with E-state index >= 15 is 0 Å². The molecule has 0 aromatic carbocycles. The normalized spacial score (nSPS) is 26.3. The highest BCUT2D eigenvalue weighted by atomic mass is 32.2. The van der Waals surface area contributed by atoms with Gasteiger partial charge in [-0.05, 0) is 30.9 Å². The molecule has 1 saturated carbocycles. The highest BCUT2D eigenvalue weighted by Crippen LogP contribution is 2.28. The Hall–Kier alpha value is -0.220. The summed E-state index contributed by atoms with van der Waals surface area (Å²) in [5.41, 5.74) is 0. The van der Waals surface area contributed by atoms with E-state index in [0.717, 1.165) is 19.4 Å². The molecular formula is C11H21NO2S. The summed E-state index contributed by atoms with van der Waals surface area (Å²) in [6.07, 6.45) is 6.64. The largest absolute Gasteiger partial charge is 0.396 e. The van der Waals surface area contributed by atoms with Crippen LogP contribution in [0, 0.1) is 11.8 Å². The Kier molecular flexibility index (Phi) is 6.10. The second kappa shape index (κ2) is 7.12. The second-order valence-corrected chi connectivity index (χ2v) is 5.09. The molecule has 1 amide bonds. The Morgan fingerprint density at radius 2 is 2.07 bits per heavy atom. The average Bonchev–Trinajstić information content (AvgIpc) is 2.27. The van der Waals surface area contributed by atoms with Gasteiger partial charge < -0.3 is 10.4 Å². The van der Waals surface area contributed by atoms with Gasteiger partial charge in [0.15, 0.2) is 0 Å². The van der Waals surface area contributed by atoms with Crippen LogP contribution in [-0.2, 0) is 4.79 Å². The van der Waals surface area contributed by atoms with Crippen molar-refractivity contribution in [2.75, 3.05) is 25.2 Å². The Morgan fingerprint density at radius 3 is 2.67 bits per heavy atom. The van der Waals surface area contributed by atoms with Crippen molar-refractivity contribution in [1.29, 1.82) is 0 Å². The fourth-order valence-corrected chi connectivity index (χ4v) is 2.58. The maximum absolute atomic E-state index is 11.3. The van der Waals surface area contributed by atoms with Gasteiger partial charge in [-0.2, -0.15) is 11.8 Å². The zero-order chi connectivity index (χ0) is 11.1. The molecular weight excluding hydrogens is 210 g/mol. The van der Waals surface area contributed by atoms with E-state index in [4.69, 9.17) is 0 Å².